The summed E-state index contributed by atoms with van der Waals surface area (Å²) in [5, 5.41) is 11.1. The maximum atomic E-state index is 13.9. The number of halogens is 4. The fraction of sp³-hybridized carbons (Fsp3) is 0.273. The highest BCUT2D eigenvalue weighted by atomic mass is 19.4. The average Bonchev–Trinajstić information content (AvgIpc) is 2.77. The van der Waals surface area contributed by atoms with Crippen LogP contribution in [0.4, 0.5) is 28.9 Å². The van der Waals surface area contributed by atoms with Crippen molar-refractivity contribution in [3.8, 4) is 6.07 Å². The molecule has 0 spiro atoms. The van der Waals surface area contributed by atoms with E-state index in [9.17, 15) is 31.9 Å². The van der Waals surface area contributed by atoms with Crippen LogP contribution in [0.3, 0.4) is 0 Å². The highest BCUT2D eigenvalue weighted by Crippen LogP contribution is 2.31. The summed E-state index contributed by atoms with van der Waals surface area (Å²) >= 11 is 0. The van der Waals surface area contributed by atoms with Crippen LogP contribution in [0, 0.1) is 17.1 Å². The predicted molar refractivity (Wildman–Crippen MR) is 109 cm³/mol. The first-order valence-electron chi connectivity index (χ1n) is 9.79. The molecule has 2 amide bonds. The maximum Gasteiger partial charge on any atom is 0.416 e. The highest BCUT2D eigenvalue weighted by molar-refractivity contribution is 6.04. The number of nitriles is 1. The Bertz CT molecular complexity index is 1140. The Morgan fingerprint density at radius 2 is 1.91 bits per heavy atom. The largest absolute Gasteiger partial charge is 0.449 e. The van der Waals surface area contributed by atoms with E-state index in [1.54, 1.807) is 6.07 Å². The lowest BCUT2D eigenvalue weighted by Gasteiger charge is -2.35. The third-order valence-electron chi connectivity index (χ3n) is 4.81. The number of amides is 2. The van der Waals surface area contributed by atoms with E-state index in [-0.39, 0.29) is 30.1 Å². The number of morpholine rings is 1. The predicted octanol–water partition coefficient (Wildman–Crippen LogP) is 3.02. The van der Waals surface area contributed by atoms with Crippen molar-refractivity contribution in [1.29, 1.82) is 5.26 Å². The number of carbonyl (C=O) groups excluding carboxylic acids is 3. The molecule has 0 unspecified atom stereocenters. The van der Waals surface area contributed by atoms with Gasteiger partial charge in [-0.1, -0.05) is 0 Å². The molecule has 0 saturated carbocycles. The van der Waals surface area contributed by atoms with Gasteiger partial charge in [0.05, 0.1) is 17.7 Å². The minimum absolute atomic E-state index is 0.0179. The van der Waals surface area contributed by atoms with Gasteiger partial charge in [0.2, 0.25) is 6.10 Å². The zero-order valence-electron chi connectivity index (χ0n) is 17.6. The second kappa shape index (κ2) is 9.88. The lowest BCUT2D eigenvalue weighted by molar-refractivity contribution is -0.167. The quantitative estimate of drug-likeness (QED) is 0.522. The van der Waals surface area contributed by atoms with Crippen LogP contribution in [0.15, 0.2) is 42.5 Å². The molecule has 1 fully saturated rings. The molecular formula is C22H17F4N3O5. The van der Waals surface area contributed by atoms with Gasteiger partial charge in [0.15, 0.2) is 6.10 Å². The molecule has 178 valence electrons. The molecule has 1 N–H and O–H groups in total. The van der Waals surface area contributed by atoms with Crippen molar-refractivity contribution in [1.82, 2.24) is 0 Å². The highest BCUT2D eigenvalue weighted by Gasteiger charge is 2.43. The summed E-state index contributed by atoms with van der Waals surface area (Å²) in [6.07, 6.45) is -7.94. The molecule has 0 aliphatic carbocycles. The molecule has 1 heterocycles. The van der Waals surface area contributed by atoms with Crippen LogP contribution < -0.4 is 10.2 Å². The van der Waals surface area contributed by atoms with Crippen molar-refractivity contribution in [2.45, 2.75) is 25.3 Å². The number of alkyl halides is 3. The number of nitrogens with zero attached hydrogens (tertiary/aromatic N) is 2. The number of anilines is 2. The van der Waals surface area contributed by atoms with Gasteiger partial charge in [-0.15, -0.1) is 0 Å². The molecule has 1 aliphatic heterocycles. The molecule has 2 atom stereocenters. The lowest BCUT2D eigenvalue weighted by atomic mass is 10.1. The van der Waals surface area contributed by atoms with E-state index in [2.05, 4.69) is 5.32 Å². The molecule has 8 nitrogen and oxygen atoms in total. The fourth-order valence-corrected chi connectivity index (χ4v) is 3.24. The molecule has 34 heavy (non-hydrogen) atoms. The summed E-state index contributed by atoms with van der Waals surface area (Å²) in [7, 11) is 0. The van der Waals surface area contributed by atoms with Crippen LogP contribution in [0.1, 0.15) is 18.1 Å². The summed E-state index contributed by atoms with van der Waals surface area (Å²) in [4.78, 5) is 38.5. The van der Waals surface area contributed by atoms with Crippen molar-refractivity contribution in [3.63, 3.8) is 0 Å². The van der Waals surface area contributed by atoms with Gasteiger partial charge >= 0.3 is 12.1 Å². The van der Waals surface area contributed by atoms with Gasteiger partial charge in [0.1, 0.15) is 11.9 Å². The Morgan fingerprint density at radius 1 is 1.24 bits per heavy atom. The summed E-state index contributed by atoms with van der Waals surface area (Å²) in [5.74, 6) is -3.64. The first-order valence-corrected chi connectivity index (χ1v) is 9.79. The van der Waals surface area contributed by atoms with Gasteiger partial charge in [-0.2, -0.15) is 18.4 Å². The number of rotatable bonds is 5. The maximum absolute atomic E-state index is 13.9. The number of hydrogen-bond acceptors (Lipinski definition) is 6. The number of carbonyl (C=O) groups is 3. The zero-order chi connectivity index (χ0) is 25.0. The number of esters is 1. The number of benzene rings is 2. The second-order valence-electron chi connectivity index (χ2n) is 7.15. The van der Waals surface area contributed by atoms with E-state index >= 15 is 0 Å². The molecule has 0 aromatic heterocycles. The molecule has 0 radical (unpaired) electrons. The van der Waals surface area contributed by atoms with Gasteiger partial charge in [-0.05, 0) is 42.5 Å². The molecule has 1 saturated heterocycles. The minimum Gasteiger partial charge on any atom is -0.449 e. The van der Waals surface area contributed by atoms with Crippen LogP contribution in [-0.2, 0) is 30.0 Å². The Labute approximate surface area is 190 Å². The molecule has 1 aliphatic rings. The first kappa shape index (κ1) is 24.7. The van der Waals surface area contributed by atoms with E-state index in [0.717, 1.165) is 48.2 Å². The lowest BCUT2D eigenvalue weighted by Crippen LogP contribution is -2.56. The normalized spacial score (nSPS) is 17.0. The van der Waals surface area contributed by atoms with Crippen molar-refractivity contribution < 1.29 is 41.4 Å². The van der Waals surface area contributed by atoms with Crippen molar-refractivity contribution >= 4 is 29.2 Å². The van der Waals surface area contributed by atoms with Crippen molar-refractivity contribution in [2.24, 2.45) is 0 Å². The first-order chi connectivity index (χ1) is 16.0. The second-order valence-corrected chi connectivity index (χ2v) is 7.15. The molecule has 3 rings (SSSR count). The number of hydrogen-bond donors (Lipinski definition) is 1. The van der Waals surface area contributed by atoms with E-state index in [1.807, 2.05) is 0 Å². The van der Waals surface area contributed by atoms with E-state index in [4.69, 9.17) is 14.7 Å². The molecule has 2 aromatic carbocycles. The summed E-state index contributed by atoms with van der Waals surface area (Å²) in [6.45, 7) is 0.881. The Balaban J connectivity index is 1.83. The zero-order valence-corrected chi connectivity index (χ0v) is 17.6. The summed E-state index contributed by atoms with van der Waals surface area (Å²) in [5.41, 5.74) is -1.10. The van der Waals surface area contributed by atoms with E-state index in [1.165, 1.54) is 6.07 Å². The molecule has 2 aromatic rings. The van der Waals surface area contributed by atoms with Gasteiger partial charge in [-0.3, -0.25) is 14.4 Å². The van der Waals surface area contributed by atoms with Crippen LogP contribution in [-0.4, -0.2) is 43.1 Å². The van der Waals surface area contributed by atoms with Crippen molar-refractivity contribution in [3.05, 3.63) is 59.4 Å². The summed E-state index contributed by atoms with van der Waals surface area (Å²) < 4.78 is 62.7. The number of ether oxygens (including phenoxy) is 2. The standard InChI is InChI=1S/C22H17F4N3O5/c1-12(30)34-18(20(31)28-15-5-2-13(11-27)17(23)10-15)19-21(32)29(8-9-33-19)16-6-3-14(4-7-16)22(24,25)26/h2-7,10,18-19H,8-9H2,1H3,(H,28,31)/t18-,19-/m1/s1. The smallest absolute Gasteiger partial charge is 0.416 e. The van der Waals surface area contributed by atoms with Crippen LogP contribution >= 0.6 is 0 Å². The monoisotopic (exact) mass is 479 g/mol. The van der Waals surface area contributed by atoms with Gasteiger partial charge < -0.3 is 19.7 Å². The van der Waals surface area contributed by atoms with Crippen LogP contribution in [0.2, 0.25) is 0 Å². The third kappa shape index (κ3) is 5.49. The summed E-state index contributed by atoms with van der Waals surface area (Å²) in [6, 6.07) is 8.68. The van der Waals surface area contributed by atoms with Crippen LogP contribution in [0.5, 0.6) is 0 Å². The van der Waals surface area contributed by atoms with E-state index < -0.39 is 47.5 Å². The van der Waals surface area contributed by atoms with E-state index in [0.29, 0.717) is 0 Å². The van der Waals surface area contributed by atoms with Gasteiger partial charge in [-0.25, -0.2) is 4.39 Å². The minimum atomic E-state index is -4.56. The fourth-order valence-electron chi connectivity index (χ4n) is 3.24. The Morgan fingerprint density at radius 3 is 2.47 bits per heavy atom. The third-order valence-corrected chi connectivity index (χ3v) is 4.81. The molecular weight excluding hydrogens is 462 g/mol. The Kier molecular flexibility index (Phi) is 7.17. The van der Waals surface area contributed by atoms with Gasteiger partial charge in [0.25, 0.3) is 11.8 Å². The van der Waals surface area contributed by atoms with Crippen LogP contribution in [0.25, 0.3) is 0 Å². The van der Waals surface area contributed by atoms with Gasteiger partial charge in [0, 0.05) is 24.8 Å². The molecule has 0 bridgehead atoms. The average molecular weight is 479 g/mol. The SMILES string of the molecule is CC(=O)O[C@@H](C(=O)Nc1ccc(C#N)c(F)c1)[C@H]1OCCN(c2ccc(C(F)(F)F)cc2)C1=O. The number of nitrogens with one attached hydrogen (secondary N) is 1. The topological polar surface area (TPSA) is 109 Å². The Hall–Kier alpha value is -3.98. The molecule has 12 heteroatoms. The van der Waals surface area contributed by atoms with Crippen molar-refractivity contribution in [2.75, 3.05) is 23.4 Å².